The van der Waals surface area contributed by atoms with Crippen molar-refractivity contribution in [3.05, 3.63) is 27.3 Å². The highest BCUT2D eigenvalue weighted by molar-refractivity contribution is 14.1. The van der Waals surface area contributed by atoms with Crippen molar-refractivity contribution >= 4 is 34.5 Å². The molecule has 0 radical (unpaired) electrons. The Labute approximate surface area is 137 Å². The van der Waals surface area contributed by atoms with Crippen LogP contribution in [-0.4, -0.2) is 25.2 Å². The van der Waals surface area contributed by atoms with Gasteiger partial charge in [0.15, 0.2) is 0 Å². The second-order valence-electron chi connectivity index (χ2n) is 5.15. The maximum Gasteiger partial charge on any atom is 0.311 e. The number of hydrogen-bond donors (Lipinski definition) is 0. The third kappa shape index (κ3) is 5.18. The summed E-state index contributed by atoms with van der Waals surface area (Å²) in [5.41, 5.74) is -0.396. The Kier molecular flexibility index (Phi) is 6.44. The Morgan fingerprint density at radius 1 is 1.29 bits per heavy atom. The van der Waals surface area contributed by atoms with Crippen LogP contribution in [-0.2, 0) is 9.53 Å². The molecule has 6 heteroatoms. The van der Waals surface area contributed by atoms with Gasteiger partial charge in [-0.2, -0.15) is 0 Å². The lowest BCUT2D eigenvalue weighted by Crippen LogP contribution is -2.27. The molecule has 0 bridgehead atoms. The van der Waals surface area contributed by atoms with E-state index in [4.69, 9.17) is 9.47 Å². The summed E-state index contributed by atoms with van der Waals surface area (Å²) in [6.07, 6.45) is 0.704. The summed E-state index contributed by atoms with van der Waals surface area (Å²) in [6.45, 7) is 5.96. The fourth-order valence-corrected chi connectivity index (χ4v) is 2.04. The molecule has 0 N–H and O–H groups in total. The van der Waals surface area contributed by atoms with Crippen molar-refractivity contribution in [3.8, 4) is 5.75 Å². The van der Waals surface area contributed by atoms with Gasteiger partial charge >= 0.3 is 5.97 Å². The van der Waals surface area contributed by atoms with Crippen LogP contribution >= 0.6 is 22.6 Å². The van der Waals surface area contributed by atoms with E-state index in [1.807, 2.05) is 43.4 Å². The molecule has 0 aliphatic heterocycles. The van der Waals surface area contributed by atoms with Gasteiger partial charge in [0.2, 0.25) is 0 Å². The summed E-state index contributed by atoms with van der Waals surface area (Å²) in [7, 11) is 0. The summed E-state index contributed by atoms with van der Waals surface area (Å²) in [5, 5.41) is 10.7. The molecular formula is C15H18IO5-. The molecule has 1 rings (SSSR count). The fourth-order valence-electron chi connectivity index (χ4n) is 1.37. The molecule has 0 amide bonds. The number of aromatic carboxylic acids is 1. The number of hydrogen-bond acceptors (Lipinski definition) is 5. The third-order valence-electron chi connectivity index (χ3n) is 3.18. The van der Waals surface area contributed by atoms with E-state index in [1.165, 1.54) is 12.1 Å². The SMILES string of the molecule is CCC(C)(C)C(=O)OCCOc1ccc(C(=O)[O-])cc1I. The Morgan fingerprint density at radius 3 is 2.48 bits per heavy atom. The van der Waals surface area contributed by atoms with Crippen LogP contribution in [0, 0.1) is 8.99 Å². The lowest BCUT2D eigenvalue weighted by atomic mass is 9.91. The van der Waals surface area contributed by atoms with Crippen LogP contribution in [0.3, 0.4) is 0 Å². The minimum atomic E-state index is -1.23. The number of carbonyl (C=O) groups is 2. The van der Waals surface area contributed by atoms with Crippen molar-refractivity contribution in [2.75, 3.05) is 13.2 Å². The molecule has 1 aromatic carbocycles. The molecule has 21 heavy (non-hydrogen) atoms. The topological polar surface area (TPSA) is 75.7 Å². The lowest BCUT2D eigenvalue weighted by molar-refractivity contribution is -0.255. The normalized spacial score (nSPS) is 11.0. The van der Waals surface area contributed by atoms with E-state index in [9.17, 15) is 14.7 Å². The molecule has 0 spiro atoms. The first-order valence-corrected chi connectivity index (χ1v) is 7.66. The van der Waals surface area contributed by atoms with E-state index in [2.05, 4.69) is 0 Å². The zero-order valence-electron chi connectivity index (χ0n) is 12.3. The average molecular weight is 405 g/mol. The minimum Gasteiger partial charge on any atom is -0.545 e. The standard InChI is InChI=1S/C15H19IO5/c1-4-15(2,3)14(19)21-8-7-20-12-6-5-10(13(17)18)9-11(12)16/h5-6,9H,4,7-8H2,1-3H3,(H,17,18)/p-1. The first-order valence-electron chi connectivity index (χ1n) is 6.59. The smallest absolute Gasteiger partial charge is 0.311 e. The van der Waals surface area contributed by atoms with Gasteiger partial charge in [-0.1, -0.05) is 6.92 Å². The van der Waals surface area contributed by atoms with Crippen molar-refractivity contribution in [1.29, 1.82) is 0 Å². The number of halogens is 1. The number of carbonyl (C=O) groups excluding carboxylic acids is 2. The number of carboxylic acid groups (broad SMARTS) is 1. The van der Waals surface area contributed by atoms with E-state index >= 15 is 0 Å². The van der Waals surface area contributed by atoms with Crippen LogP contribution in [0.25, 0.3) is 0 Å². The quantitative estimate of drug-likeness (QED) is 0.394. The van der Waals surface area contributed by atoms with Crippen LogP contribution in [0.1, 0.15) is 37.6 Å². The van der Waals surface area contributed by atoms with Gasteiger partial charge in [0.1, 0.15) is 19.0 Å². The zero-order chi connectivity index (χ0) is 16.0. The lowest BCUT2D eigenvalue weighted by Gasteiger charge is -2.20. The summed E-state index contributed by atoms with van der Waals surface area (Å²) in [4.78, 5) is 22.5. The monoisotopic (exact) mass is 405 g/mol. The first kappa shape index (κ1) is 17.7. The van der Waals surface area contributed by atoms with Gasteiger partial charge in [-0.05, 0) is 66.6 Å². The molecule has 0 saturated heterocycles. The largest absolute Gasteiger partial charge is 0.545 e. The summed E-state index contributed by atoms with van der Waals surface area (Å²) >= 11 is 1.98. The Hall–Kier alpha value is -1.31. The van der Waals surface area contributed by atoms with Gasteiger partial charge in [-0.3, -0.25) is 4.79 Å². The number of carboxylic acids is 1. The van der Waals surface area contributed by atoms with E-state index in [0.29, 0.717) is 15.7 Å². The highest BCUT2D eigenvalue weighted by Gasteiger charge is 2.26. The van der Waals surface area contributed by atoms with E-state index < -0.39 is 11.4 Å². The highest BCUT2D eigenvalue weighted by Crippen LogP contribution is 2.23. The van der Waals surface area contributed by atoms with Crippen molar-refractivity contribution in [1.82, 2.24) is 0 Å². The Balaban J connectivity index is 2.47. The molecule has 0 aliphatic carbocycles. The summed E-state index contributed by atoms with van der Waals surface area (Å²) in [6, 6.07) is 4.45. The molecular weight excluding hydrogens is 387 g/mol. The predicted molar refractivity (Wildman–Crippen MR) is 84.0 cm³/mol. The molecule has 1 aromatic rings. The molecule has 0 aliphatic rings. The van der Waals surface area contributed by atoms with E-state index in [-0.39, 0.29) is 24.7 Å². The maximum atomic E-state index is 11.7. The number of rotatable bonds is 7. The van der Waals surface area contributed by atoms with Crippen LogP contribution in [0.5, 0.6) is 5.75 Å². The molecule has 0 heterocycles. The molecule has 5 nitrogen and oxygen atoms in total. The number of benzene rings is 1. The molecule has 0 saturated carbocycles. The molecule has 0 fully saturated rings. The van der Waals surface area contributed by atoms with Crippen LogP contribution in [0.4, 0.5) is 0 Å². The molecule has 0 aromatic heterocycles. The van der Waals surface area contributed by atoms with Crippen molar-refractivity contribution < 1.29 is 24.2 Å². The molecule has 0 atom stereocenters. The van der Waals surface area contributed by atoms with Gasteiger partial charge in [-0.15, -0.1) is 0 Å². The van der Waals surface area contributed by atoms with E-state index in [1.54, 1.807) is 6.07 Å². The highest BCUT2D eigenvalue weighted by atomic mass is 127. The number of esters is 1. The fraction of sp³-hybridized carbons (Fsp3) is 0.467. The van der Waals surface area contributed by atoms with Crippen LogP contribution in [0.2, 0.25) is 0 Å². The van der Waals surface area contributed by atoms with Crippen molar-refractivity contribution in [2.24, 2.45) is 5.41 Å². The first-order chi connectivity index (χ1) is 9.77. The van der Waals surface area contributed by atoms with Gasteiger partial charge < -0.3 is 19.4 Å². The molecule has 116 valence electrons. The van der Waals surface area contributed by atoms with Crippen LogP contribution < -0.4 is 9.84 Å². The summed E-state index contributed by atoms with van der Waals surface area (Å²) < 4.78 is 11.3. The van der Waals surface area contributed by atoms with Crippen LogP contribution in [0.15, 0.2) is 18.2 Å². The Morgan fingerprint density at radius 2 is 1.95 bits per heavy atom. The van der Waals surface area contributed by atoms with Crippen molar-refractivity contribution in [3.63, 3.8) is 0 Å². The second-order valence-corrected chi connectivity index (χ2v) is 6.32. The Bertz CT molecular complexity index is 525. The molecule has 0 unspecified atom stereocenters. The van der Waals surface area contributed by atoms with Gasteiger partial charge in [0.05, 0.1) is 15.0 Å². The zero-order valence-corrected chi connectivity index (χ0v) is 14.4. The second kappa shape index (κ2) is 7.63. The van der Waals surface area contributed by atoms with Crippen molar-refractivity contribution in [2.45, 2.75) is 27.2 Å². The maximum absolute atomic E-state index is 11.7. The average Bonchev–Trinajstić information content (AvgIpc) is 2.44. The van der Waals surface area contributed by atoms with Gasteiger partial charge in [0, 0.05) is 0 Å². The van der Waals surface area contributed by atoms with Gasteiger partial charge in [-0.25, -0.2) is 0 Å². The van der Waals surface area contributed by atoms with Gasteiger partial charge in [0.25, 0.3) is 0 Å². The number of ether oxygens (including phenoxy) is 2. The minimum absolute atomic E-state index is 0.0999. The predicted octanol–water partition coefficient (Wildman–Crippen LogP) is 2.01. The summed E-state index contributed by atoms with van der Waals surface area (Å²) in [5.74, 6) is -0.933. The third-order valence-corrected chi connectivity index (χ3v) is 4.02. The van der Waals surface area contributed by atoms with E-state index in [0.717, 1.165) is 0 Å².